The quantitative estimate of drug-likeness (QED) is 0.868. The van der Waals surface area contributed by atoms with Crippen molar-refractivity contribution < 1.29 is 4.79 Å². The number of hydrogen-bond donors (Lipinski definition) is 1. The summed E-state index contributed by atoms with van der Waals surface area (Å²) in [7, 11) is 0. The van der Waals surface area contributed by atoms with E-state index in [1.807, 2.05) is 24.3 Å². The van der Waals surface area contributed by atoms with Gasteiger partial charge in [0.1, 0.15) is 0 Å². The van der Waals surface area contributed by atoms with Crippen LogP contribution in [0.2, 0.25) is 0 Å². The molecular weight excluding hydrogens is 314 g/mol. The molecule has 0 saturated carbocycles. The lowest BCUT2D eigenvalue weighted by atomic mass is 10.0. The van der Waals surface area contributed by atoms with Crippen LogP contribution in [0.1, 0.15) is 40.9 Å². The van der Waals surface area contributed by atoms with Gasteiger partial charge in [-0.25, -0.2) is 0 Å². The van der Waals surface area contributed by atoms with E-state index in [4.69, 9.17) is 0 Å². The van der Waals surface area contributed by atoms with Gasteiger partial charge in [-0.3, -0.25) is 4.79 Å². The molecule has 3 heteroatoms. The van der Waals surface area contributed by atoms with Crippen LogP contribution in [-0.4, -0.2) is 5.91 Å². The van der Waals surface area contributed by atoms with E-state index in [2.05, 4.69) is 59.4 Å². The summed E-state index contributed by atoms with van der Waals surface area (Å²) >= 11 is 3.39. The third-order valence-corrected chi connectivity index (χ3v) is 3.77. The van der Waals surface area contributed by atoms with Crippen molar-refractivity contribution in [1.82, 2.24) is 5.32 Å². The Hall–Kier alpha value is -1.61. The monoisotopic (exact) mass is 331 g/mol. The molecule has 20 heavy (non-hydrogen) atoms. The number of rotatable bonds is 4. The van der Waals surface area contributed by atoms with Gasteiger partial charge >= 0.3 is 0 Å². The van der Waals surface area contributed by atoms with E-state index in [-0.39, 0.29) is 11.9 Å². The zero-order valence-corrected chi connectivity index (χ0v) is 13.3. The van der Waals surface area contributed by atoms with Gasteiger partial charge in [-0.2, -0.15) is 0 Å². The highest BCUT2D eigenvalue weighted by molar-refractivity contribution is 9.10. The van der Waals surface area contributed by atoms with Crippen molar-refractivity contribution in [3.05, 3.63) is 69.7 Å². The highest BCUT2D eigenvalue weighted by Gasteiger charge is 2.14. The lowest BCUT2D eigenvalue weighted by Gasteiger charge is -2.18. The fourth-order valence-electron chi connectivity index (χ4n) is 2.09. The van der Waals surface area contributed by atoms with Gasteiger partial charge in [0.2, 0.25) is 0 Å². The summed E-state index contributed by atoms with van der Waals surface area (Å²) < 4.78 is 0.911. The van der Waals surface area contributed by atoms with E-state index in [0.29, 0.717) is 5.56 Å². The topological polar surface area (TPSA) is 29.1 Å². The van der Waals surface area contributed by atoms with E-state index in [9.17, 15) is 4.79 Å². The summed E-state index contributed by atoms with van der Waals surface area (Å²) in [5, 5.41) is 3.09. The molecular formula is C17H18BrNO. The number of amides is 1. The van der Waals surface area contributed by atoms with Crippen LogP contribution in [0.4, 0.5) is 0 Å². The fourth-order valence-corrected chi connectivity index (χ4v) is 2.49. The van der Waals surface area contributed by atoms with Crippen LogP contribution >= 0.6 is 15.9 Å². The van der Waals surface area contributed by atoms with E-state index >= 15 is 0 Å². The van der Waals surface area contributed by atoms with Gasteiger partial charge in [-0.15, -0.1) is 0 Å². The summed E-state index contributed by atoms with van der Waals surface area (Å²) in [6.45, 7) is 4.14. The molecule has 0 bridgehead atoms. The maximum absolute atomic E-state index is 12.3. The van der Waals surface area contributed by atoms with Gasteiger partial charge in [-0.1, -0.05) is 58.7 Å². The number of benzene rings is 2. The minimum absolute atomic E-state index is 0.0428. The zero-order chi connectivity index (χ0) is 14.5. The standard InChI is InChI=1S/C17H18BrNO/c1-3-16(13-9-7-12(2)8-10-13)19-17(20)14-5-4-6-15(18)11-14/h4-11,16H,3H2,1-2H3,(H,19,20). The number of hydrogen-bond acceptors (Lipinski definition) is 1. The van der Waals surface area contributed by atoms with Crippen LogP contribution in [0.5, 0.6) is 0 Å². The van der Waals surface area contributed by atoms with Gasteiger partial charge in [0.15, 0.2) is 0 Å². The Bertz CT molecular complexity index is 592. The molecule has 0 aromatic heterocycles. The molecule has 1 amide bonds. The van der Waals surface area contributed by atoms with Crippen LogP contribution in [0.3, 0.4) is 0 Å². The molecule has 0 aliphatic heterocycles. The molecule has 0 spiro atoms. The SMILES string of the molecule is CCC(NC(=O)c1cccc(Br)c1)c1ccc(C)cc1. The molecule has 2 aromatic carbocycles. The Balaban J connectivity index is 2.14. The van der Waals surface area contributed by atoms with E-state index in [1.165, 1.54) is 5.56 Å². The van der Waals surface area contributed by atoms with Crippen LogP contribution in [0.25, 0.3) is 0 Å². The van der Waals surface area contributed by atoms with Crippen molar-refractivity contribution in [1.29, 1.82) is 0 Å². The number of carbonyl (C=O) groups is 1. The van der Waals surface area contributed by atoms with Crippen LogP contribution in [0, 0.1) is 6.92 Å². The number of halogens is 1. The molecule has 0 heterocycles. The average molecular weight is 332 g/mol. The Morgan fingerprint density at radius 2 is 1.90 bits per heavy atom. The summed E-state index contributed by atoms with van der Waals surface area (Å²) in [6, 6.07) is 15.8. The average Bonchev–Trinajstić information content (AvgIpc) is 2.45. The minimum atomic E-state index is -0.0428. The smallest absolute Gasteiger partial charge is 0.251 e. The third-order valence-electron chi connectivity index (χ3n) is 3.28. The maximum Gasteiger partial charge on any atom is 0.251 e. The van der Waals surface area contributed by atoms with Crippen molar-refractivity contribution >= 4 is 21.8 Å². The Morgan fingerprint density at radius 3 is 2.50 bits per heavy atom. The van der Waals surface area contributed by atoms with Crippen LogP contribution in [-0.2, 0) is 0 Å². The summed E-state index contributed by atoms with van der Waals surface area (Å²) in [6.07, 6.45) is 0.864. The van der Waals surface area contributed by atoms with Crippen molar-refractivity contribution in [2.24, 2.45) is 0 Å². The molecule has 0 fully saturated rings. The molecule has 104 valence electrons. The molecule has 0 aliphatic carbocycles. The highest BCUT2D eigenvalue weighted by Crippen LogP contribution is 2.18. The molecule has 2 nitrogen and oxygen atoms in total. The Kier molecular flexibility index (Phi) is 4.96. The first-order valence-electron chi connectivity index (χ1n) is 6.73. The van der Waals surface area contributed by atoms with E-state index < -0.39 is 0 Å². The summed E-state index contributed by atoms with van der Waals surface area (Å²) in [5.41, 5.74) is 3.04. The first-order valence-corrected chi connectivity index (χ1v) is 7.52. The molecule has 0 saturated heterocycles. The van der Waals surface area contributed by atoms with E-state index in [0.717, 1.165) is 16.5 Å². The second kappa shape index (κ2) is 6.71. The van der Waals surface area contributed by atoms with Crippen molar-refractivity contribution in [2.45, 2.75) is 26.3 Å². The largest absolute Gasteiger partial charge is 0.345 e. The predicted molar refractivity (Wildman–Crippen MR) is 85.8 cm³/mol. The van der Waals surface area contributed by atoms with Gasteiger partial charge in [0, 0.05) is 10.0 Å². The fraction of sp³-hybridized carbons (Fsp3) is 0.235. The predicted octanol–water partition coefficient (Wildman–Crippen LogP) is 4.64. The Labute approximate surface area is 128 Å². The molecule has 0 aliphatic rings. The van der Waals surface area contributed by atoms with Gasteiger partial charge in [-0.05, 0) is 37.1 Å². The highest BCUT2D eigenvalue weighted by atomic mass is 79.9. The summed E-state index contributed by atoms with van der Waals surface area (Å²) in [5.74, 6) is -0.0428. The number of carbonyl (C=O) groups excluding carboxylic acids is 1. The molecule has 2 rings (SSSR count). The molecule has 1 N–H and O–H groups in total. The normalized spacial score (nSPS) is 11.9. The zero-order valence-electron chi connectivity index (χ0n) is 11.7. The van der Waals surface area contributed by atoms with Gasteiger partial charge < -0.3 is 5.32 Å². The Morgan fingerprint density at radius 1 is 1.20 bits per heavy atom. The minimum Gasteiger partial charge on any atom is -0.345 e. The second-order valence-electron chi connectivity index (χ2n) is 4.86. The van der Waals surface area contributed by atoms with Crippen LogP contribution in [0.15, 0.2) is 53.0 Å². The van der Waals surface area contributed by atoms with Gasteiger partial charge in [0.25, 0.3) is 5.91 Å². The molecule has 1 unspecified atom stereocenters. The van der Waals surface area contributed by atoms with Crippen molar-refractivity contribution in [3.8, 4) is 0 Å². The third kappa shape index (κ3) is 3.70. The molecule has 0 radical (unpaired) electrons. The van der Waals surface area contributed by atoms with Crippen LogP contribution < -0.4 is 5.32 Å². The lowest BCUT2D eigenvalue weighted by molar-refractivity contribution is 0.0935. The first-order chi connectivity index (χ1) is 9.60. The second-order valence-corrected chi connectivity index (χ2v) is 5.77. The number of aryl methyl sites for hydroxylation is 1. The lowest BCUT2D eigenvalue weighted by Crippen LogP contribution is -2.28. The van der Waals surface area contributed by atoms with Crippen molar-refractivity contribution in [3.63, 3.8) is 0 Å². The maximum atomic E-state index is 12.3. The number of nitrogens with one attached hydrogen (secondary N) is 1. The van der Waals surface area contributed by atoms with Crippen molar-refractivity contribution in [2.75, 3.05) is 0 Å². The van der Waals surface area contributed by atoms with E-state index in [1.54, 1.807) is 0 Å². The molecule has 1 atom stereocenters. The molecule has 2 aromatic rings. The summed E-state index contributed by atoms with van der Waals surface area (Å²) in [4.78, 5) is 12.3. The van der Waals surface area contributed by atoms with Gasteiger partial charge in [0.05, 0.1) is 6.04 Å². The first kappa shape index (κ1) is 14.8.